The van der Waals surface area contributed by atoms with Crippen LogP contribution in [0.3, 0.4) is 0 Å². The van der Waals surface area contributed by atoms with Crippen molar-refractivity contribution in [3.05, 3.63) is 41.5 Å². The molecule has 2 aliphatic rings. The van der Waals surface area contributed by atoms with Gasteiger partial charge in [0.05, 0.1) is 39.6 Å². The zero-order valence-electron chi connectivity index (χ0n) is 17.7. The fourth-order valence-corrected chi connectivity index (χ4v) is 3.72. The summed E-state index contributed by atoms with van der Waals surface area (Å²) in [5, 5.41) is 6.95. The number of ether oxygens (including phenoxy) is 3. The van der Waals surface area contributed by atoms with E-state index < -0.39 is 0 Å². The second-order valence-corrected chi connectivity index (χ2v) is 7.25. The zero-order valence-corrected chi connectivity index (χ0v) is 17.7. The predicted octanol–water partition coefficient (Wildman–Crippen LogP) is 1.97. The number of hydrogen-bond donors (Lipinski definition) is 2. The number of hydrogen-bond acceptors (Lipinski definition) is 5. The Morgan fingerprint density at radius 3 is 2.59 bits per heavy atom. The van der Waals surface area contributed by atoms with Gasteiger partial charge >= 0.3 is 0 Å². The largest absolute Gasteiger partial charge is 0.497 e. The van der Waals surface area contributed by atoms with E-state index in [1.54, 1.807) is 7.11 Å². The molecule has 1 fully saturated rings. The van der Waals surface area contributed by atoms with Crippen LogP contribution in [0.2, 0.25) is 0 Å². The maximum atomic E-state index is 5.55. The molecule has 0 amide bonds. The maximum absolute atomic E-state index is 5.55. The van der Waals surface area contributed by atoms with Gasteiger partial charge in [-0.25, -0.2) is 0 Å². The molecule has 1 saturated heterocycles. The quantitative estimate of drug-likeness (QED) is 0.394. The van der Waals surface area contributed by atoms with Crippen LogP contribution in [0.5, 0.6) is 5.75 Å². The Morgan fingerprint density at radius 2 is 1.93 bits per heavy atom. The first-order valence-corrected chi connectivity index (χ1v) is 10.5. The number of benzene rings is 1. The molecule has 0 aliphatic carbocycles. The Morgan fingerprint density at radius 1 is 1.14 bits per heavy atom. The average molecular weight is 403 g/mol. The second-order valence-electron chi connectivity index (χ2n) is 7.25. The molecule has 0 saturated carbocycles. The summed E-state index contributed by atoms with van der Waals surface area (Å²) in [6, 6.07) is 8.60. The maximum Gasteiger partial charge on any atom is 0.191 e. The molecule has 1 unspecified atom stereocenters. The predicted molar refractivity (Wildman–Crippen MR) is 116 cm³/mol. The van der Waals surface area contributed by atoms with E-state index in [0.717, 1.165) is 77.2 Å². The van der Waals surface area contributed by atoms with Crippen LogP contribution in [0.25, 0.3) is 0 Å². The minimum atomic E-state index is 0.251. The smallest absolute Gasteiger partial charge is 0.191 e. The Kier molecular flexibility index (Phi) is 8.80. The summed E-state index contributed by atoms with van der Waals surface area (Å²) in [4.78, 5) is 6.87. The molecule has 2 heterocycles. The van der Waals surface area contributed by atoms with Gasteiger partial charge in [-0.1, -0.05) is 23.8 Å². The van der Waals surface area contributed by atoms with E-state index in [1.807, 2.05) is 19.2 Å². The Bertz CT molecular complexity index is 669. The first-order chi connectivity index (χ1) is 14.3. The number of methoxy groups -OCH3 is 1. The Hall–Kier alpha value is -2.09. The van der Waals surface area contributed by atoms with Crippen molar-refractivity contribution >= 4 is 5.96 Å². The number of guanidine groups is 1. The minimum Gasteiger partial charge on any atom is -0.497 e. The monoisotopic (exact) mass is 402 g/mol. The topological polar surface area (TPSA) is 67.4 Å². The van der Waals surface area contributed by atoms with Crippen LogP contribution in [-0.2, 0) is 9.47 Å². The van der Waals surface area contributed by atoms with Crippen LogP contribution in [0.4, 0.5) is 0 Å². The molecule has 2 N–H and O–H groups in total. The third-order valence-corrected chi connectivity index (χ3v) is 5.47. The fraction of sp³-hybridized carbons (Fsp3) is 0.591. The van der Waals surface area contributed by atoms with Crippen molar-refractivity contribution in [1.29, 1.82) is 0 Å². The van der Waals surface area contributed by atoms with Crippen molar-refractivity contribution in [2.45, 2.75) is 18.9 Å². The first kappa shape index (κ1) is 21.6. The van der Waals surface area contributed by atoms with E-state index in [2.05, 4.69) is 38.7 Å². The van der Waals surface area contributed by atoms with Crippen molar-refractivity contribution in [3.8, 4) is 5.75 Å². The molecular formula is C22H34N4O3. The normalized spacial score (nSPS) is 19.4. The van der Waals surface area contributed by atoms with Gasteiger partial charge in [0.15, 0.2) is 5.96 Å². The van der Waals surface area contributed by atoms with E-state index in [-0.39, 0.29) is 6.04 Å². The van der Waals surface area contributed by atoms with E-state index in [4.69, 9.17) is 14.2 Å². The molecule has 1 aromatic carbocycles. The van der Waals surface area contributed by atoms with Crippen LogP contribution in [0.1, 0.15) is 24.4 Å². The first-order valence-electron chi connectivity index (χ1n) is 10.5. The molecule has 29 heavy (non-hydrogen) atoms. The number of rotatable bonds is 8. The van der Waals surface area contributed by atoms with E-state index >= 15 is 0 Å². The molecule has 160 valence electrons. The highest BCUT2D eigenvalue weighted by Gasteiger charge is 2.23. The molecule has 7 nitrogen and oxygen atoms in total. The SMILES string of the molecule is CN=C(NCCC1=CCOCC1)NCC(c1ccc(OC)cc1)N1CCOCC1. The van der Waals surface area contributed by atoms with Crippen LogP contribution in [0.15, 0.2) is 40.9 Å². The Balaban J connectivity index is 1.56. The Labute approximate surface area is 174 Å². The third-order valence-electron chi connectivity index (χ3n) is 5.47. The van der Waals surface area contributed by atoms with Gasteiger partial charge < -0.3 is 24.8 Å². The fourth-order valence-electron chi connectivity index (χ4n) is 3.72. The van der Waals surface area contributed by atoms with Crippen molar-refractivity contribution < 1.29 is 14.2 Å². The third kappa shape index (κ3) is 6.73. The van der Waals surface area contributed by atoms with Crippen molar-refractivity contribution in [2.75, 3.05) is 66.8 Å². The molecule has 0 bridgehead atoms. The highest BCUT2D eigenvalue weighted by Crippen LogP contribution is 2.23. The van der Waals surface area contributed by atoms with Gasteiger partial charge in [-0.15, -0.1) is 0 Å². The van der Waals surface area contributed by atoms with Gasteiger partial charge in [0.2, 0.25) is 0 Å². The molecular weight excluding hydrogens is 368 g/mol. The lowest BCUT2D eigenvalue weighted by molar-refractivity contribution is 0.0170. The highest BCUT2D eigenvalue weighted by atomic mass is 16.5. The van der Waals surface area contributed by atoms with Crippen LogP contribution in [-0.4, -0.2) is 77.6 Å². The van der Waals surface area contributed by atoms with E-state index in [1.165, 1.54) is 11.1 Å². The van der Waals surface area contributed by atoms with Crippen molar-refractivity contribution in [2.24, 2.45) is 4.99 Å². The summed E-state index contributed by atoms with van der Waals surface area (Å²) >= 11 is 0. The lowest BCUT2D eigenvalue weighted by Crippen LogP contribution is -2.46. The molecule has 0 radical (unpaired) electrons. The molecule has 3 rings (SSSR count). The summed E-state index contributed by atoms with van der Waals surface area (Å²) in [7, 11) is 3.52. The summed E-state index contributed by atoms with van der Waals surface area (Å²) in [6.45, 7) is 6.64. The standard InChI is InChI=1S/C22H34N4O3/c1-23-22(24-10-7-18-8-13-28-14-9-18)25-17-21(26-11-15-29-16-12-26)19-3-5-20(27-2)6-4-19/h3-6,8,21H,7,9-17H2,1-2H3,(H2,23,24,25). The van der Waals surface area contributed by atoms with E-state index in [0.29, 0.717) is 0 Å². The molecule has 1 aromatic rings. The van der Waals surface area contributed by atoms with Gasteiger partial charge in [-0.05, 0) is 30.5 Å². The number of aliphatic imine (C=N–C) groups is 1. The number of nitrogens with zero attached hydrogens (tertiary/aromatic N) is 2. The number of morpholine rings is 1. The van der Waals surface area contributed by atoms with Gasteiger partial charge in [-0.2, -0.15) is 0 Å². The molecule has 1 atom stereocenters. The summed E-state index contributed by atoms with van der Waals surface area (Å²) in [5.74, 6) is 1.71. The average Bonchev–Trinajstić information content (AvgIpc) is 2.80. The summed E-state index contributed by atoms with van der Waals surface area (Å²) < 4.78 is 16.2. The zero-order chi connectivity index (χ0) is 20.3. The van der Waals surface area contributed by atoms with Gasteiger partial charge in [0, 0.05) is 33.2 Å². The molecule has 7 heteroatoms. The van der Waals surface area contributed by atoms with Gasteiger partial charge in [-0.3, -0.25) is 9.89 Å². The van der Waals surface area contributed by atoms with Gasteiger partial charge in [0.1, 0.15) is 5.75 Å². The van der Waals surface area contributed by atoms with Crippen molar-refractivity contribution in [3.63, 3.8) is 0 Å². The minimum absolute atomic E-state index is 0.251. The van der Waals surface area contributed by atoms with Crippen LogP contribution >= 0.6 is 0 Å². The highest BCUT2D eigenvalue weighted by molar-refractivity contribution is 5.79. The van der Waals surface area contributed by atoms with Crippen LogP contribution in [0, 0.1) is 0 Å². The summed E-state index contributed by atoms with van der Waals surface area (Å²) in [6.07, 6.45) is 4.25. The lowest BCUT2D eigenvalue weighted by Gasteiger charge is -2.35. The molecule has 2 aliphatic heterocycles. The number of nitrogens with one attached hydrogen (secondary N) is 2. The molecule has 0 aromatic heterocycles. The summed E-state index contributed by atoms with van der Waals surface area (Å²) in [5.41, 5.74) is 2.73. The van der Waals surface area contributed by atoms with Crippen molar-refractivity contribution in [1.82, 2.24) is 15.5 Å². The van der Waals surface area contributed by atoms with Crippen LogP contribution < -0.4 is 15.4 Å². The second kappa shape index (κ2) is 11.8. The molecule has 0 spiro atoms. The van der Waals surface area contributed by atoms with E-state index in [9.17, 15) is 0 Å². The lowest BCUT2D eigenvalue weighted by atomic mass is 10.0. The van der Waals surface area contributed by atoms with Gasteiger partial charge in [0.25, 0.3) is 0 Å².